The lowest BCUT2D eigenvalue weighted by molar-refractivity contribution is -0.121. The van der Waals surface area contributed by atoms with E-state index >= 15 is 0 Å². The number of nitrogens with one attached hydrogen (secondary N) is 1. The normalized spacial score (nSPS) is 10.9. The van der Waals surface area contributed by atoms with E-state index in [2.05, 4.69) is 15.3 Å². The molecule has 0 saturated carbocycles. The highest BCUT2D eigenvalue weighted by atomic mass is 32.2. The van der Waals surface area contributed by atoms with E-state index in [9.17, 15) is 9.59 Å². The van der Waals surface area contributed by atoms with Crippen molar-refractivity contribution in [2.45, 2.75) is 18.7 Å². The molecule has 0 bridgehead atoms. The van der Waals surface area contributed by atoms with Gasteiger partial charge in [-0.2, -0.15) is 11.8 Å². The molecule has 1 amide bonds. The molecule has 25 heavy (non-hydrogen) atoms. The number of hydrogen-bond acceptors (Lipinski definition) is 6. The Labute approximate surface area is 153 Å². The van der Waals surface area contributed by atoms with E-state index in [0.717, 1.165) is 16.5 Å². The minimum atomic E-state index is -0.209. The fourth-order valence-corrected chi connectivity index (χ4v) is 3.96. The highest BCUT2D eigenvalue weighted by Gasteiger charge is 2.08. The Balaban J connectivity index is 1.55. The van der Waals surface area contributed by atoms with Crippen LogP contribution in [0.3, 0.4) is 0 Å². The summed E-state index contributed by atoms with van der Waals surface area (Å²) >= 11 is 3.38. The molecule has 0 aliphatic carbocycles. The van der Waals surface area contributed by atoms with Crippen LogP contribution in [0.4, 0.5) is 0 Å². The summed E-state index contributed by atoms with van der Waals surface area (Å²) in [5.41, 5.74) is 1.41. The molecule has 0 aliphatic heterocycles. The van der Waals surface area contributed by atoms with Gasteiger partial charge in [0.05, 0.1) is 22.9 Å². The zero-order valence-corrected chi connectivity index (χ0v) is 15.4. The predicted octanol–water partition coefficient (Wildman–Crippen LogP) is 2.07. The van der Waals surface area contributed by atoms with Crippen molar-refractivity contribution in [3.8, 4) is 0 Å². The van der Waals surface area contributed by atoms with Crippen molar-refractivity contribution in [3.63, 3.8) is 0 Å². The number of carbonyl (C=O) groups excluding carboxylic acids is 1. The van der Waals surface area contributed by atoms with Gasteiger partial charge in [0.15, 0.2) is 0 Å². The van der Waals surface area contributed by atoms with E-state index in [-0.39, 0.29) is 18.0 Å². The zero-order valence-electron chi connectivity index (χ0n) is 13.8. The second-order valence-electron chi connectivity index (χ2n) is 5.46. The molecule has 6 nitrogen and oxygen atoms in total. The van der Waals surface area contributed by atoms with E-state index in [1.807, 2.05) is 17.7 Å². The second-order valence-corrected chi connectivity index (χ2v) is 7.27. The molecule has 1 N–H and O–H groups in total. The minimum absolute atomic E-state index is 0.0363. The summed E-state index contributed by atoms with van der Waals surface area (Å²) in [7, 11) is 0. The van der Waals surface area contributed by atoms with Gasteiger partial charge in [-0.1, -0.05) is 12.1 Å². The number of benzene rings is 1. The van der Waals surface area contributed by atoms with Crippen molar-refractivity contribution in [2.75, 3.05) is 12.8 Å². The summed E-state index contributed by atoms with van der Waals surface area (Å²) in [6.45, 7) is 0.461. The maximum absolute atomic E-state index is 12.4. The number of rotatable bonds is 7. The molecular weight excluding hydrogens is 356 g/mol. The van der Waals surface area contributed by atoms with E-state index in [4.69, 9.17) is 0 Å². The lowest BCUT2D eigenvalue weighted by atomic mass is 10.2. The number of fused-ring (bicyclic) bond motifs is 1. The summed E-state index contributed by atoms with van der Waals surface area (Å²) in [5, 5.41) is 6.47. The molecule has 0 atom stereocenters. The van der Waals surface area contributed by atoms with Gasteiger partial charge in [0, 0.05) is 24.1 Å². The van der Waals surface area contributed by atoms with E-state index in [1.165, 1.54) is 10.9 Å². The summed E-state index contributed by atoms with van der Waals surface area (Å²) in [6.07, 6.45) is 4.14. The molecule has 0 aliphatic rings. The van der Waals surface area contributed by atoms with E-state index < -0.39 is 0 Å². The Morgan fingerprint density at radius 1 is 1.36 bits per heavy atom. The average Bonchev–Trinajstić information content (AvgIpc) is 3.05. The van der Waals surface area contributed by atoms with E-state index in [0.29, 0.717) is 23.9 Å². The highest BCUT2D eigenvalue weighted by molar-refractivity contribution is 7.97. The zero-order chi connectivity index (χ0) is 17.6. The van der Waals surface area contributed by atoms with Crippen molar-refractivity contribution >= 4 is 39.9 Å². The van der Waals surface area contributed by atoms with Crippen molar-refractivity contribution in [1.29, 1.82) is 0 Å². The minimum Gasteiger partial charge on any atom is -0.354 e. The summed E-state index contributed by atoms with van der Waals surface area (Å²) in [6, 6.07) is 7.11. The van der Waals surface area contributed by atoms with Crippen LogP contribution in [0.2, 0.25) is 0 Å². The summed E-state index contributed by atoms with van der Waals surface area (Å²) < 4.78 is 1.33. The molecule has 0 fully saturated rings. The van der Waals surface area contributed by atoms with Crippen LogP contribution < -0.4 is 10.9 Å². The topological polar surface area (TPSA) is 76.9 Å². The van der Waals surface area contributed by atoms with Crippen LogP contribution in [0.15, 0.2) is 40.8 Å². The van der Waals surface area contributed by atoms with Crippen LogP contribution in [0, 0.1) is 0 Å². The summed E-state index contributed by atoms with van der Waals surface area (Å²) in [4.78, 5) is 33.2. The number of hydrogen-bond donors (Lipinski definition) is 1. The molecule has 0 unspecified atom stereocenters. The molecule has 3 aromatic rings. The third kappa shape index (κ3) is 4.46. The Morgan fingerprint density at radius 3 is 3.04 bits per heavy atom. The number of para-hydroxylation sites is 1. The smallest absolute Gasteiger partial charge is 0.261 e. The number of thioether (sulfide) groups is 1. The number of nitrogens with zero attached hydrogens (tertiary/aromatic N) is 3. The van der Waals surface area contributed by atoms with Crippen LogP contribution in [0.1, 0.15) is 10.7 Å². The molecule has 0 spiro atoms. The lowest BCUT2D eigenvalue weighted by Gasteiger charge is -2.07. The SMILES string of the molecule is CSCc1nc(CCNC(=O)Cn2cnc3ccccc3c2=O)cs1. The number of thiazole rings is 1. The first-order chi connectivity index (χ1) is 12.2. The van der Waals surface area contributed by atoms with Gasteiger partial charge in [-0.25, -0.2) is 9.97 Å². The van der Waals surface area contributed by atoms with Gasteiger partial charge < -0.3 is 5.32 Å². The third-order valence-electron chi connectivity index (χ3n) is 3.62. The number of amides is 1. The van der Waals surface area contributed by atoms with Gasteiger partial charge in [-0.3, -0.25) is 14.2 Å². The second kappa shape index (κ2) is 8.26. The van der Waals surface area contributed by atoms with Crippen molar-refractivity contribution < 1.29 is 4.79 Å². The van der Waals surface area contributed by atoms with Crippen LogP contribution in [-0.2, 0) is 23.5 Å². The molecular formula is C17H18N4O2S2. The van der Waals surface area contributed by atoms with Crippen molar-refractivity contribution in [2.24, 2.45) is 0 Å². The maximum Gasteiger partial charge on any atom is 0.261 e. The Bertz CT molecular complexity index is 936. The van der Waals surface area contributed by atoms with Gasteiger partial charge in [-0.05, 0) is 18.4 Å². The molecule has 0 radical (unpaired) electrons. The summed E-state index contributed by atoms with van der Waals surface area (Å²) in [5.74, 6) is 0.702. The maximum atomic E-state index is 12.4. The molecule has 2 heterocycles. The van der Waals surface area contributed by atoms with Gasteiger partial charge in [0.1, 0.15) is 11.6 Å². The average molecular weight is 374 g/mol. The van der Waals surface area contributed by atoms with Crippen LogP contribution in [0.5, 0.6) is 0 Å². The molecule has 0 saturated heterocycles. The quantitative estimate of drug-likeness (QED) is 0.685. The number of carbonyl (C=O) groups is 1. The van der Waals surface area contributed by atoms with Crippen LogP contribution in [-0.4, -0.2) is 33.2 Å². The van der Waals surface area contributed by atoms with Crippen LogP contribution in [0.25, 0.3) is 10.9 Å². The molecule has 8 heteroatoms. The van der Waals surface area contributed by atoms with Gasteiger partial charge in [-0.15, -0.1) is 11.3 Å². The fourth-order valence-electron chi connectivity index (χ4n) is 2.41. The monoisotopic (exact) mass is 374 g/mol. The highest BCUT2D eigenvalue weighted by Crippen LogP contribution is 2.15. The van der Waals surface area contributed by atoms with Gasteiger partial charge in [0.25, 0.3) is 5.56 Å². The first kappa shape index (κ1) is 17.6. The number of aromatic nitrogens is 3. The lowest BCUT2D eigenvalue weighted by Crippen LogP contribution is -2.33. The van der Waals surface area contributed by atoms with Gasteiger partial charge >= 0.3 is 0 Å². The fraction of sp³-hybridized carbons (Fsp3) is 0.294. The Kier molecular flexibility index (Phi) is 5.83. The van der Waals surface area contributed by atoms with Gasteiger partial charge in [0.2, 0.25) is 5.91 Å². The van der Waals surface area contributed by atoms with Crippen molar-refractivity contribution in [1.82, 2.24) is 19.9 Å². The molecule has 3 rings (SSSR count). The van der Waals surface area contributed by atoms with Crippen LogP contribution >= 0.6 is 23.1 Å². The first-order valence-corrected chi connectivity index (χ1v) is 10.1. The largest absolute Gasteiger partial charge is 0.354 e. The standard InChI is InChI=1S/C17H18N4O2S2/c1-24-10-16-20-12(9-25-16)6-7-18-15(22)8-21-11-19-14-5-3-2-4-13(14)17(21)23/h2-5,9,11H,6-8,10H2,1H3,(H,18,22). The van der Waals surface area contributed by atoms with E-state index in [1.54, 1.807) is 41.3 Å². The Morgan fingerprint density at radius 2 is 2.20 bits per heavy atom. The molecule has 2 aromatic heterocycles. The third-order valence-corrected chi connectivity index (χ3v) is 5.26. The first-order valence-electron chi connectivity index (χ1n) is 7.80. The molecule has 130 valence electrons. The molecule has 1 aromatic carbocycles. The van der Waals surface area contributed by atoms with Crippen molar-refractivity contribution in [3.05, 3.63) is 57.0 Å². The predicted molar refractivity (Wildman–Crippen MR) is 102 cm³/mol. The Hall–Kier alpha value is -2.19.